The molecule has 1 N–H and O–H groups in total. The van der Waals surface area contributed by atoms with Crippen molar-refractivity contribution in [3.05, 3.63) is 28.6 Å². The van der Waals surface area contributed by atoms with E-state index in [-0.39, 0.29) is 5.78 Å². The summed E-state index contributed by atoms with van der Waals surface area (Å²) < 4.78 is 0. The summed E-state index contributed by atoms with van der Waals surface area (Å²) in [6.45, 7) is 0. The van der Waals surface area contributed by atoms with Gasteiger partial charge in [-0.2, -0.15) is 0 Å². The number of Topliss-reactive ketones (excluding diaryl/α,β-unsaturated/α-hetero) is 1. The van der Waals surface area contributed by atoms with Gasteiger partial charge in [0.1, 0.15) is 0 Å². The number of nitrogens with one attached hydrogen (secondary N) is 1. The maximum absolute atomic E-state index is 11.1. The number of rotatable bonds is 0. The van der Waals surface area contributed by atoms with Gasteiger partial charge in [0.05, 0.1) is 5.70 Å². The monoisotopic (exact) mass is 151 g/mol. The summed E-state index contributed by atoms with van der Waals surface area (Å²) in [4.78, 5) is 12.0. The summed E-state index contributed by atoms with van der Waals surface area (Å²) in [5.74, 6) is 2.98. The van der Waals surface area contributed by atoms with Crippen LogP contribution in [0, 0.1) is 5.88 Å². The van der Waals surface area contributed by atoms with Crippen molar-refractivity contribution in [1.82, 2.24) is 5.32 Å². The number of hydrogen-bond donors (Lipinski definition) is 1. The predicted molar refractivity (Wildman–Crippen MR) is 39.8 cm³/mol. The van der Waals surface area contributed by atoms with Crippen LogP contribution in [0.1, 0.15) is 6.42 Å². The average molecular weight is 151 g/mol. The topological polar surface area (TPSA) is 29.1 Å². The predicted octanol–water partition coefficient (Wildman–Crippen LogP) is 1.06. The summed E-state index contributed by atoms with van der Waals surface area (Å²) in [5, 5.41) is 2.80. The number of carbonyl (C=O) groups excluding carboxylic acids is 1. The first-order chi connectivity index (χ1) is 4.88. The van der Waals surface area contributed by atoms with Gasteiger partial charge in [-0.1, -0.05) is 17.8 Å². The van der Waals surface area contributed by atoms with Crippen LogP contribution in [-0.4, -0.2) is 5.78 Å². The fourth-order valence-electron chi connectivity index (χ4n) is 0.944. The summed E-state index contributed by atoms with van der Waals surface area (Å²) in [5.41, 5.74) is 0.715. The third-order valence-electron chi connectivity index (χ3n) is 1.43. The highest BCUT2D eigenvalue weighted by molar-refractivity contribution is 8.05. The maximum Gasteiger partial charge on any atom is 0.183 e. The lowest BCUT2D eigenvalue weighted by Crippen LogP contribution is -2.14. The highest BCUT2D eigenvalue weighted by Crippen LogP contribution is 2.31. The van der Waals surface area contributed by atoms with Crippen LogP contribution in [0.4, 0.5) is 0 Å². The van der Waals surface area contributed by atoms with Crippen LogP contribution in [0.25, 0.3) is 0 Å². The van der Waals surface area contributed by atoms with E-state index in [1.165, 1.54) is 11.8 Å². The van der Waals surface area contributed by atoms with E-state index in [1.807, 2.05) is 12.2 Å². The summed E-state index contributed by atoms with van der Waals surface area (Å²) >= 11 is 1.44. The average Bonchev–Trinajstić information content (AvgIpc) is 2.36. The standard InChI is InChI=1S/C7H5NOS/c9-5-2-1-3-6-7(5)8-4-10-6/h1,3,8H,2H2. The Hall–Kier alpha value is -0.700. The molecule has 2 radical (unpaired) electrons. The molecule has 1 aliphatic heterocycles. The van der Waals surface area contributed by atoms with Crippen LogP contribution in [0.15, 0.2) is 22.8 Å². The molecular weight excluding hydrogens is 146 g/mol. The van der Waals surface area contributed by atoms with Crippen molar-refractivity contribution in [3.63, 3.8) is 0 Å². The largest absolute Gasteiger partial charge is 0.361 e. The molecule has 1 heterocycles. The molecule has 3 heteroatoms. The molecule has 10 heavy (non-hydrogen) atoms. The van der Waals surface area contributed by atoms with Gasteiger partial charge in [0.15, 0.2) is 11.7 Å². The van der Waals surface area contributed by atoms with Crippen LogP contribution < -0.4 is 5.32 Å². The molecule has 1 aliphatic carbocycles. The summed E-state index contributed by atoms with van der Waals surface area (Å²) in [6, 6.07) is 0. The van der Waals surface area contributed by atoms with Crippen LogP contribution in [0.5, 0.6) is 0 Å². The van der Waals surface area contributed by atoms with Crippen LogP contribution in [0.3, 0.4) is 0 Å². The molecule has 0 aromatic carbocycles. The molecule has 0 saturated heterocycles. The fraction of sp³-hybridized carbons (Fsp3) is 0.143. The second-order valence-corrected chi connectivity index (χ2v) is 2.95. The van der Waals surface area contributed by atoms with E-state index in [0.29, 0.717) is 12.1 Å². The Morgan fingerprint density at radius 2 is 2.60 bits per heavy atom. The molecule has 0 amide bonds. The maximum atomic E-state index is 11.1. The van der Waals surface area contributed by atoms with Gasteiger partial charge in [0.2, 0.25) is 0 Å². The Balaban J connectivity index is 2.39. The number of thioether (sulfide) groups is 1. The van der Waals surface area contributed by atoms with Crippen molar-refractivity contribution in [2.75, 3.05) is 0 Å². The van der Waals surface area contributed by atoms with Gasteiger partial charge in [-0.05, 0) is 6.08 Å². The first-order valence-electron chi connectivity index (χ1n) is 3.00. The fourth-order valence-corrected chi connectivity index (χ4v) is 1.64. The molecule has 0 aromatic rings. The van der Waals surface area contributed by atoms with E-state index in [9.17, 15) is 4.79 Å². The molecule has 0 spiro atoms. The first-order valence-corrected chi connectivity index (χ1v) is 3.81. The van der Waals surface area contributed by atoms with Crippen LogP contribution in [0.2, 0.25) is 0 Å². The van der Waals surface area contributed by atoms with Crippen molar-refractivity contribution in [1.29, 1.82) is 0 Å². The highest BCUT2D eigenvalue weighted by atomic mass is 32.2. The SMILES string of the molecule is O=C1CC=CC2=C1N[C]S2. The van der Waals surface area contributed by atoms with E-state index in [1.54, 1.807) is 0 Å². The Morgan fingerprint density at radius 1 is 1.70 bits per heavy atom. The highest BCUT2D eigenvalue weighted by Gasteiger charge is 2.21. The minimum atomic E-state index is 0.162. The number of hydrogen-bond acceptors (Lipinski definition) is 3. The normalized spacial score (nSPS) is 23.0. The van der Waals surface area contributed by atoms with Gasteiger partial charge in [0, 0.05) is 11.3 Å². The number of ketones is 1. The van der Waals surface area contributed by atoms with Crippen molar-refractivity contribution in [2.45, 2.75) is 6.42 Å². The Labute approximate surface area is 63.4 Å². The van der Waals surface area contributed by atoms with Crippen molar-refractivity contribution < 1.29 is 4.79 Å². The Kier molecular flexibility index (Phi) is 1.31. The molecule has 0 atom stereocenters. The third-order valence-corrected chi connectivity index (χ3v) is 2.20. The van der Waals surface area contributed by atoms with E-state index in [2.05, 4.69) is 11.2 Å². The molecule has 2 aliphatic rings. The lowest BCUT2D eigenvalue weighted by molar-refractivity contribution is -0.115. The number of allylic oxidation sites excluding steroid dienone is 3. The number of carbonyl (C=O) groups is 1. The molecule has 0 aromatic heterocycles. The molecule has 0 saturated carbocycles. The molecule has 0 fully saturated rings. The summed E-state index contributed by atoms with van der Waals surface area (Å²) in [7, 11) is 0. The molecule has 0 bridgehead atoms. The Morgan fingerprint density at radius 3 is 3.40 bits per heavy atom. The molecule has 0 unspecified atom stereocenters. The van der Waals surface area contributed by atoms with Crippen molar-refractivity contribution in [3.8, 4) is 0 Å². The Bertz CT molecular complexity index is 242. The van der Waals surface area contributed by atoms with E-state index >= 15 is 0 Å². The molecule has 2 nitrogen and oxygen atoms in total. The van der Waals surface area contributed by atoms with Crippen LogP contribution in [-0.2, 0) is 4.79 Å². The smallest absolute Gasteiger partial charge is 0.183 e. The van der Waals surface area contributed by atoms with Gasteiger partial charge >= 0.3 is 0 Å². The lowest BCUT2D eigenvalue weighted by atomic mass is 10.1. The zero-order valence-electron chi connectivity index (χ0n) is 5.18. The molecule has 2 rings (SSSR count). The second-order valence-electron chi connectivity index (χ2n) is 2.10. The zero-order chi connectivity index (χ0) is 6.97. The van der Waals surface area contributed by atoms with Crippen LogP contribution >= 0.6 is 11.8 Å². The second kappa shape index (κ2) is 2.16. The third kappa shape index (κ3) is 0.778. The van der Waals surface area contributed by atoms with E-state index in [0.717, 1.165) is 4.91 Å². The summed E-state index contributed by atoms with van der Waals surface area (Å²) in [6.07, 6.45) is 4.35. The lowest BCUT2D eigenvalue weighted by Gasteiger charge is -2.04. The van der Waals surface area contributed by atoms with E-state index < -0.39 is 0 Å². The molecule has 50 valence electrons. The van der Waals surface area contributed by atoms with Crippen molar-refractivity contribution >= 4 is 17.5 Å². The molecular formula is C7H5NOS. The quantitative estimate of drug-likeness (QED) is 0.561. The minimum absolute atomic E-state index is 0.162. The first kappa shape index (κ1) is 6.04. The van der Waals surface area contributed by atoms with Gasteiger partial charge in [0.25, 0.3) is 0 Å². The van der Waals surface area contributed by atoms with Crippen molar-refractivity contribution in [2.24, 2.45) is 0 Å². The van der Waals surface area contributed by atoms with Gasteiger partial charge in [-0.25, -0.2) is 0 Å². The minimum Gasteiger partial charge on any atom is -0.361 e. The van der Waals surface area contributed by atoms with E-state index in [4.69, 9.17) is 0 Å². The van der Waals surface area contributed by atoms with Gasteiger partial charge in [-0.15, -0.1) is 0 Å². The van der Waals surface area contributed by atoms with Gasteiger partial charge in [-0.3, -0.25) is 4.79 Å². The zero-order valence-corrected chi connectivity index (χ0v) is 5.99. The van der Waals surface area contributed by atoms with Gasteiger partial charge < -0.3 is 5.32 Å².